The Labute approximate surface area is 162 Å². The largest absolute Gasteiger partial charge is 0.446 e. The topological polar surface area (TPSA) is 88.4 Å². The van der Waals surface area contributed by atoms with E-state index in [1.54, 1.807) is 11.1 Å². The molecule has 2 atom stereocenters. The highest BCUT2D eigenvalue weighted by molar-refractivity contribution is 5.86. The van der Waals surface area contributed by atoms with Crippen molar-refractivity contribution >= 4 is 23.3 Å². The molecule has 1 aliphatic heterocycles. The highest BCUT2D eigenvalue weighted by Gasteiger charge is 2.43. The van der Waals surface area contributed by atoms with Crippen LogP contribution in [-0.2, 0) is 16.0 Å². The minimum Gasteiger partial charge on any atom is -0.446 e. The molecule has 0 spiro atoms. The molecule has 7 heteroatoms. The molecule has 0 fully saturated rings. The van der Waals surface area contributed by atoms with Crippen molar-refractivity contribution in [2.75, 3.05) is 0 Å². The van der Waals surface area contributed by atoms with Gasteiger partial charge in [-0.2, -0.15) is 0 Å². The Morgan fingerprint density at radius 2 is 2.18 bits per heavy atom. The molecule has 1 N–H and O–H groups in total. The smallest absolute Gasteiger partial charge is 0.411 e. The molecule has 1 amide bonds. The van der Waals surface area contributed by atoms with Crippen molar-refractivity contribution < 1.29 is 18.7 Å². The standard InChI is InChI=1S/C21H23N3O4/c1-21(2,3)28-20(26)24-16(8-9-25)19-14(10-17(24)18-11-22-12-27-18)13-6-4-5-7-15(13)23-19/h4-7,9,11-12,16-17,23H,8,10H2,1-3H3/t16-,17-/m0/s1. The summed E-state index contributed by atoms with van der Waals surface area (Å²) in [5, 5.41) is 1.08. The van der Waals surface area contributed by atoms with Gasteiger partial charge >= 0.3 is 6.09 Å². The van der Waals surface area contributed by atoms with Crippen LogP contribution in [0.2, 0.25) is 0 Å². The Kier molecular flexibility index (Phi) is 4.45. The van der Waals surface area contributed by atoms with Gasteiger partial charge in [-0.15, -0.1) is 0 Å². The Hall–Kier alpha value is -3.09. The van der Waals surface area contributed by atoms with Crippen molar-refractivity contribution in [3.63, 3.8) is 0 Å². The molecule has 146 valence electrons. The number of oxazole rings is 1. The average Bonchev–Trinajstić information content (AvgIpc) is 3.28. The van der Waals surface area contributed by atoms with E-state index in [0.717, 1.165) is 28.4 Å². The van der Waals surface area contributed by atoms with Crippen LogP contribution in [0.3, 0.4) is 0 Å². The Balaban J connectivity index is 1.87. The highest BCUT2D eigenvalue weighted by atomic mass is 16.6. The highest BCUT2D eigenvalue weighted by Crippen LogP contribution is 2.44. The van der Waals surface area contributed by atoms with Crippen molar-refractivity contribution in [1.82, 2.24) is 14.9 Å². The summed E-state index contributed by atoms with van der Waals surface area (Å²) in [6.45, 7) is 5.46. The van der Waals surface area contributed by atoms with Crippen molar-refractivity contribution in [1.29, 1.82) is 0 Å². The van der Waals surface area contributed by atoms with Gasteiger partial charge in [-0.3, -0.25) is 4.90 Å². The summed E-state index contributed by atoms with van der Waals surface area (Å²) in [6, 6.07) is 7.09. The van der Waals surface area contributed by atoms with E-state index in [0.29, 0.717) is 12.2 Å². The SMILES string of the molecule is CC(C)(C)OC(=O)N1[C@H](c2cnco2)Cc2c([nH]c3ccccc23)[C@@H]1CC=O. The number of nitrogens with zero attached hydrogens (tertiary/aromatic N) is 2. The molecule has 1 aromatic carbocycles. The van der Waals surface area contributed by atoms with Crippen LogP contribution in [0.5, 0.6) is 0 Å². The molecule has 28 heavy (non-hydrogen) atoms. The number of amides is 1. The predicted octanol–water partition coefficient (Wildman–Crippen LogP) is 4.32. The van der Waals surface area contributed by atoms with Crippen LogP contribution in [0, 0.1) is 0 Å². The summed E-state index contributed by atoms with van der Waals surface area (Å²) in [4.78, 5) is 33.7. The number of fused-ring (bicyclic) bond motifs is 3. The zero-order valence-electron chi connectivity index (χ0n) is 16.1. The molecule has 4 rings (SSSR count). The first kappa shape index (κ1) is 18.3. The summed E-state index contributed by atoms with van der Waals surface area (Å²) in [5.74, 6) is 0.567. The summed E-state index contributed by atoms with van der Waals surface area (Å²) in [5.41, 5.74) is 2.28. The lowest BCUT2D eigenvalue weighted by atomic mass is 9.89. The molecule has 0 radical (unpaired) electrons. The Morgan fingerprint density at radius 1 is 1.39 bits per heavy atom. The van der Waals surface area contributed by atoms with Gasteiger partial charge in [0.2, 0.25) is 0 Å². The lowest BCUT2D eigenvalue weighted by Gasteiger charge is -2.40. The summed E-state index contributed by atoms with van der Waals surface area (Å²) < 4.78 is 11.2. The zero-order valence-corrected chi connectivity index (χ0v) is 16.1. The number of H-pyrrole nitrogens is 1. The van der Waals surface area contributed by atoms with E-state index < -0.39 is 23.8 Å². The van der Waals surface area contributed by atoms with Gasteiger partial charge in [-0.25, -0.2) is 9.78 Å². The van der Waals surface area contributed by atoms with Crippen molar-refractivity contribution in [3.8, 4) is 0 Å². The number of aldehydes is 1. The lowest BCUT2D eigenvalue weighted by Crippen LogP contribution is -2.45. The van der Waals surface area contributed by atoms with Gasteiger partial charge in [0.05, 0.1) is 18.3 Å². The third-order valence-corrected chi connectivity index (χ3v) is 4.95. The van der Waals surface area contributed by atoms with Gasteiger partial charge in [0.1, 0.15) is 17.6 Å². The van der Waals surface area contributed by atoms with Gasteiger partial charge in [-0.05, 0) is 32.4 Å². The summed E-state index contributed by atoms with van der Waals surface area (Å²) in [6.07, 6.45) is 4.01. The minimum atomic E-state index is -0.657. The zero-order chi connectivity index (χ0) is 19.9. The molecule has 7 nitrogen and oxygen atoms in total. The maximum absolute atomic E-state index is 13.1. The number of carbonyl (C=O) groups is 2. The Bertz CT molecular complexity index is 1000. The molecule has 0 aliphatic carbocycles. The van der Waals surface area contributed by atoms with Crippen molar-refractivity contribution in [2.24, 2.45) is 0 Å². The van der Waals surface area contributed by atoms with Crippen LogP contribution in [0.1, 0.15) is 56.3 Å². The minimum absolute atomic E-state index is 0.156. The maximum Gasteiger partial charge on any atom is 0.411 e. The van der Waals surface area contributed by atoms with Gasteiger partial charge in [0, 0.05) is 29.4 Å². The van der Waals surface area contributed by atoms with E-state index in [9.17, 15) is 9.59 Å². The van der Waals surface area contributed by atoms with Crippen LogP contribution in [0.15, 0.2) is 41.3 Å². The maximum atomic E-state index is 13.1. The van der Waals surface area contributed by atoms with Crippen LogP contribution >= 0.6 is 0 Å². The fourth-order valence-electron chi connectivity index (χ4n) is 3.89. The summed E-state index contributed by atoms with van der Waals surface area (Å²) >= 11 is 0. The van der Waals surface area contributed by atoms with E-state index in [1.807, 2.05) is 45.0 Å². The normalized spacial score (nSPS) is 19.5. The van der Waals surface area contributed by atoms with Gasteiger partial charge in [-0.1, -0.05) is 18.2 Å². The second-order valence-corrected chi connectivity index (χ2v) is 7.99. The fourth-order valence-corrected chi connectivity index (χ4v) is 3.89. The number of hydrogen-bond acceptors (Lipinski definition) is 5. The second kappa shape index (κ2) is 6.82. The number of nitrogens with one attached hydrogen (secondary N) is 1. The van der Waals surface area contributed by atoms with Crippen LogP contribution < -0.4 is 0 Å². The number of para-hydroxylation sites is 1. The fraction of sp³-hybridized carbons (Fsp3) is 0.381. The van der Waals surface area contributed by atoms with E-state index in [2.05, 4.69) is 9.97 Å². The number of carbonyl (C=O) groups excluding carboxylic acids is 2. The molecule has 1 aliphatic rings. The van der Waals surface area contributed by atoms with Crippen LogP contribution in [-0.4, -0.2) is 32.8 Å². The average molecular weight is 381 g/mol. The predicted molar refractivity (Wildman–Crippen MR) is 103 cm³/mol. The second-order valence-electron chi connectivity index (χ2n) is 7.99. The van der Waals surface area contributed by atoms with E-state index in [1.165, 1.54) is 6.39 Å². The molecule has 0 bridgehead atoms. The van der Waals surface area contributed by atoms with E-state index in [-0.39, 0.29) is 6.42 Å². The van der Waals surface area contributed by atoms with E-state index in [4.69, 9.17) is 9.15 Å². The number of aromatic amines is 1. The monoisotopic (exact) mass is 381 g/mol. The third kappa shape index (κ3) is 3.17. The quantitative estimate of drug-likeness (QED) is 0.683. The molecule has 0 saturated carbocycles. The molecule has 0 saturated heterocycles. The van der Waals surface area contributed by atoms with Crippen molar-refractivity contribution in [2.45, 2.75) is 51.3 Å². The Morgan fingerprint density at radius 3 is 2.86 bits per heavy atom. The van der Waals surface area contributed by atoms with Crippen LogP contribution in [0.4, 0.5) is 4.79 Å². The number of hydrogen-bond donors (Lipinski definition) is 1. The van der Waals surface area contributed by atoms with Crippen LogP contribution in [0.25, 0.3) is 10.9 Å². The summed E-state index contributed by atoms with van der Waals surface area (Å²) in [7, 11) is 0. The van der Waals surface area contributed by atoms with Gasteiger partial charge < -0.3 is 18.9 Å². The molecule has 3 heterocycles. The van der Waals surface area contributed by atoms with Gasteiger partial charge in [0.15, 0.2) is 6.39 Å². The number of ether oxygens (including phenoxy) is 1. The third-order valence-electron chi connectivity index (χ3n) is 4.95. The molecular weight excluding hydrogens is 358 g/mol. The lowest BCUT2D eigenvalue weighted by molar-refractivity contribution is -0.109. The number of benzene rings is 1. The molecule has 0 unspecified atom stereocenters. The van der Waals surface area contributed by atoms with E-state index >= 15 is 0 Å². The molecular formula is C21H23N3O4. The molecule has 3 aromatic rings. The van der Waals surface area contributed by atoms with Crippen molar-refractivity contribution in [3.05, 3.63) is 53.9 Å². The first-order valence-corrected chi connectivity index (χ1v) is 9.32. The first-order valence-electron chi connectivity index (χ1n) is 9.32. The number of rotatable bonds is 3. The molecule has 2 aromatic heterocycles. The number of aromatic nitrogens is 2. The first-order chi connectivity index (χ1) is 13.4. The van der Waals surface area contributed by atoms with Gasteiger partial charge in [0.25, 0.3) is 0 Å².